The fraction of sp³-hybridized carbons (Fsp3) is 0.167. The van der Waals surface area contributed by atoms with Gasteiger partial charge in [0.05, 0.1) is 26.4 Å². The molecule has 5 nitrogen and oxygen atoms in total. The van der Waals surface area contributed by atoms with Crippen molar-refractivity contribution in [3.8, 4) is 11.8 Å². The maximum Gasteiger partial charge on any atom is 0.265 e. The predicted octanol–water partition coefficient (Wildman–Crippen LogP) is 5.48. The van der Waals surface area contributed by atoms with Crippen LogP contribution in [-0.4, -0.2) is 20.8 Å². The van der Waals surface area contributed by atoms with E-state index in [1.807, 2.05) is 61.7 Å². The number of nitriles is 1. The molecular weight excluding hydrogens is 362 g/mol. The van der Waals surface area contributed by atoms with E-state index in [1.54, 1.807) is 13.2 Å². The van der Waals surface area contributed by atoms with Crippen LogP contribution in [0, 0.1) is 17.9 Å². The van der Waals surface area contributed by atoms with Crippen LogP contribution in [-0.2, 0) is 4.74 Å². The number of hydrogen-bond donors (Lipinski definition) is 0. The van der Waals surface area contributed by atoms with Crippen LogP contribution in [0.25, 0.3) is 10.9 Å². The highest BCUT2D eigenvalue weighted by Crippen LogP contribution is 2.26. The van der Waals surface area contributed by atoms with E-state index in [0.29, 0.717) is 18.8 Å². The van der Waals surface area contributed by atoms with E-state index in [2.05, 4.69) is 21.9 Å². The summed E-state index contributed by atoms with van der Waals surface area (Å²) in [7, 11) is 3.68. The standard InChI is InChI=1S/C24H21N3O2/c1-26-24(17-25)19-14-15-29-23(16-19)11-6-18-4-7-20(8-5-18)27(2)21-9-12-22(28-3)13-10-21/h4-13,16H,14-15H2,2-3H3. The molecule has 0 unspecified atom stereocenters. The van der Waals surface area contributed by atoms with Crippen LogP contribution in [0.3, 0.4) is 0 Å². The summed E-state index contributed by atoms with van der Waals surface area (Å²) in [6.07, 6.45) is 6.16. The summed E-state index contributed by atoms with van der Waals surface area (Å²) in [6.45, 7) is 7.55. The Morgan fingerprint density at radius 3 is 2.38 bits per heavy atom. The van der Waals surface area contributed by atoms with E-state index in [4.69, 9.17) is 21.3 Å². The van der Waals surface area contributed by atoms with Crippen LogP contribution < -0.4 is 9.64 Å². The summed E-state index contributed by atoms with van der Waals surface area (Å²) in [5.74, 6) is 1.49. The highest BCUT2D eigenvalue weighted by Gasteiger charge is 2.11. The van der Waals surface area contributed by atoms with Crippen molar-refractivity contribution in [2.45, 2.75) is 6.42 Å². The summed E-state index contributed by atoms with van der Waals surface area (Å²) in [5, 5.41) is 9.03. The van der Waals surface area contributed by atoms with Gasteiger partial charge in [-0.05, 0) is 66.1 Å². The SMILES string of the molecule is [C-]#[N+]C(C#N)=C1C=C(C=Cc2ccc(N(C)c3ccc(OC)cc3)cc2)OCC1. The first-order chi connectivity index (χ1) is 14.1. The molecule has 1 aliphatic heterocycles. The fourth-order valence-electron chi connectivity index (χ4n) is 2.96. The Bertz CT molecular complexity index is 1020. The third kappa shape index (κ3) is 4.86. The molecule has 0 fully saturated rings. The lowest BCUT2D eigenvalue weighted by atomic mass is 10.1. The Hall–Kier alpha value is -3.96. The van der Waals surface area contributed by atoms with Gasteiger partial charge >= 0.3 is 0 Å². The van der Waals surface area contributed by atoms with Gasteiger partial charge in [-0.2, -0.15) is 0 Å². The second-order valence-electron chi connectivity index (χ2n) is 6.42. The number of anilines is 2. The number of hydrogen-bond acceptors (Lipinski definition) is 4. The van der Waals surface area contributed by atoms with E-state index in [0.717, 1.165) is 28.3 Å². The monoisotopic (exact) mass is 383 g/mol. The third-order valence-electron chi connectivity index (χ3n) is 4.66. The molecule has 0 aliphatic carbocycles. The van der Waals surface area contributed by atoms with Gasteiger partial charge < -0.3 is 14.4 Å². The first-order valence-corrected chi connectivity index (χ1v) is 9.15. The maximum atomic E-state index is 9.03. The Balaban J connectivity index is 1.72. The van der Waals surface area contributed by atoms with Gasteiger partial charge in [0.1, 0.15) is 11.5 Å². The van der Waals surface area contributed by atoms with Gasteiger partial charge in [0.25, 0.3) is 5.70 Å². The van der Waals surface area contributed by atoms with Gasteiger partial charge in [0.2, 0.25) is 0 Å². The number of allylic oxidation sites excluding steroid dienone is 3. The minimum atomic E-state index is 0.130. The Morgan fingerprint density at radius 1 is 1.14 bits per heavy atom. The molecule has 0 bridgehead atoms. The van der Waals surface area contributed by atoms with Crippen molar-refractivity contribution in [2.75, 3.05) is 25.7 Å². The zero-order valence-electron chi connectivity index (χ0n) is 16.4. The van der Waals surface area contributed by atoms with Gasteiger partial charge in [0, 0.05) is 18.4 Å². The van der Waals surface area contributed by atoms with Gasteiger partial charge in [-0.3, -0.25) is 0 Å². The first kappa shape index (κ1) is 19.8. The van der Waals surface area contributed by atoms with E-state index < -0.39 is 0 Å². The molecule has 0 atom stereocenters. The van der Waals surface area contributed by atoms with Crippen LogP contribution in [0.1, 0.15) is 12.0 Å². The molecule has 0 N–H and O–H groups in total. The highest BCUT2D eigenvalue weighted by atomic mass is 16.5. The second-order valence-corrected chi connectivity index (χ2v) is 6.42. The maximum absolute atomic E-state index is 9.03. The molecule has 3 rings (SSSR count). The van der Waals surface area contributed by atoms with Gasteiger partial charge in [-0.15, -0.1) is 0 Å². The number of nitrogens with zero attached hydrogens (tertiary/aromatic N) is 3. The summed E-state index contributed by atoms with van der Waals surface area (Å²) < 4.78 is 10.8. The normalized spacial score (nSPS) is 15.0. The van der Waals surface area contributed by atoms with Gasteiger partial charge in [-0.25, -0.2) is 10.1 Å². The molecule has 0 spiro atoms. The molecule has 144 valence electrons. The number of methoxy groups -OCH3 is 1. The number of ether oxygens (including phenoxy) is 2. The van der Waals surface area contributed by atoms with Crippen molar-refractivity contribution in [1.82, 2.24) is 0 Å². The summed E-state index contributed by atoms with van der Waals surface area (Å²) in [5.41, 5.74) is 4.03. The minimum absolute atomic E-state index is 0.130. The number of benzene rings is 2. The van der Waals surface area contributed by atoms with E-state index in [1.165, 1.54) is 0 Å². The van der Waals surface area contributed by atoms with Crippen molar-refractivity contribution >= 4 is 17.5 Å². The Morgan fingerprint density at radius 2 is 1.79 bits per heavy atom. The molecular formula is C24H21N3O2. The average Bonchev–Trinajstić information content (AvgIpc) is 2.79. The zero-order valence-corrected chi connectivity index (χ0v) is 16.4. The summed E-state index contributed by atoms with van der Waals surface area (Å²) in [4.78, 5) is 5.38. The van der Waals surface area contributed by atoms with Crippen LogP contribution in [0.15, 0.2) is 77.7 Å². The van der Waals surface area contributed by atoms with Crippen LogP contribution in [0.5, 0.6) is 5.75 Å². The number of rotatable bonds is 5. The van der Waals surface area contributed by atoms with Crippen LogP contribution in [0.2, 0.25) is 0 Å². The topological polar surface area (TPSA) is 49.9 Å². The van der Waals surface area contributed by atoms with Crippen molar-refractivity contribution in [1.29, 1.82) is 5.26 Å². The molecule has 2 aromatic carbocycles. The zero-order chi connectivity index (χ0) is 20.6. The van der Waals surface area contributed by atoms with Gasteiger partial charge in [-0.1, -0.05) is 18.2 Å². The quantitative estimate of drug-likeness (QED) is 0.507. The molecule has 0 amide bonds. The summed E-state index contributed by atoms with van der Waals surface area (Å²) >= 11 is 0. The van der Waals surface area contributed by atoms with Crippen LogP contribution in [0.4, 0.5) is 11.4 Å². The summed E-state index contributed by atoms with van der Waals surface area (Å²) in [6, 6.07) is 18.0. The highest BCUT2D eigenvalue weighted by molar-refractivity contribution is 5.65. The lowest BCUT2D eigenvalue weighted by Crippen LogP contribution is -2.08. The fourth-order valence-corrected chi connectivity index (χ4v) is 2.96. The molecule has 0 radical (unpaired) electrons. The van der Waals surface area contributed by atoms with Crippen molar-refractivity contribution in [2.24, 2.45) is 0 Å². The molecule has 0 saturated carbocycles. The average molecular weight is 383 g/mol. The second kappa shape index (κ2) is 9.30. The van der Waals surface area contributed by atoms with E-state index in [-0.39, 0.29) is 5.70 Å². The molecule has 2 aromatic rings. The van der Waals surface area contributed by atoms with Crippen LogP contribution >= 0.6 is 0 Å². The molecule has 0 saturated heterocycles. The molecule has 1 heterocycles. The Labute approximate surface area is 171 Å². The first-order valence-electron chi connectivity index (χ1n) is 9.15. The molecule has 0 aromatic heterocycles. The largest absolute Gasteiger partial charge is 0.497 e. The van der Waals surface area contributed by atoms with Gasteiger partial charge in [0.15, 0.2) is 0 Å². The minimum Gasteiger partial charge on any atom is -0.497 e. The van der Waals surface area contributed by atoms with Crippen molar-refractivity contribution in [3.63, 3.8) is 0 Å². The molecule has 29 heavy (non-hydrogen) atoms. The van der Waals surface area contributed by atoms with Crippen molar-refractivity contribution < 1.29 is 9.47 Å². The Kier molecular flexibility index (Phi) is 6.35. The van der Waals surface area contributed by atoms with Crippen molar-refractivity contribution in [3.05, 3.63) is 94.7 Å². The third-order valence-corrected chi connectivity index (χ3v) is 4.66. The smallest absolute Gasteiger partial charge is 0.265 e. The molecule has 1 aliphatic rings. The van der Waals surface area contributed by atoms with E-state index in [9.17, 15) is 0 Å². The molecule has 5 heteroatoms. The predicted molar refractivity (Wildman–Crippen MR) is 114 cm³/mol. The lowest BCUT2D eigenvalue weighted by Gasteiger charge is -2.20. The lowest BCUT2D eigenvalue weighted by molar-refractivity contribution is 0.219. The van der Waals surface area contributed by atoms with E-state index >= 15 is 0 Å².